The van der Waals surface area contributed by atoms with E-state index in [2.05, 4.69) is 34.1 Å². The molecule has 5 aromatic rings. The zero-order chi connectivity index (χ0) is 32.6. The van der Waals surface area contributed by atoms with E-state index in [0.29, 0.717) is 24.4 Å². The molecule has 47 heavy (non-hydrogen) atoms. The Bertz CT molecular complexity index is 1940. The van der Waals surface area contributed by atoms with E-state index >= 15 is 0 Å². The molecule has 1 aliphatic rings. The van der Waals surface area contributed by atoms with Gasteiger partial charge in [0.2, 0.25) is 5.78 Å². The van der Waals surface area contributed by atoms with Crippen LogP contribution in [0.25, 0.3) is 28.3 Å². The number of H-pyrrole nitrogens is 1. The number of hydrogen-bond donors (Lipinski definition) is 2. The van der Waals surface area contributed by atoms with Gasteiger partial charge < -0.3 is 9.84 Å². The summed E-state index contributed by atoms with van der Waals surface area (Å²) in [5.41, 5.74) is 3.90. The summed E-state index contributed by atoms with van der Waals surface area (Å²) in [6.07, 6.45) is 6.30. The summed E-state index contributed by atoms with van der Waals surface area (Å²) in [5.74, 6) is 0.347. The molecule has 1 unspecified atom stereocenters. The van der Waals surface area contributed by atoms with E-state index in [0.717, 1.165) is 65.6 Å². The fraction of sp³-hybridized carbons (Fsp3) is 0.457. The Balaban J connectivity index is 0.00000433. The van der Waals surface area contributed by atoms with Gasteiger partial charge in [-0.3, -0.25) is 18.9 Å². The van der Waals surface area contributed by atoms with Gasteiger partial charge in [0.05, 0.1) is 23.0 Å². The van der Waals surface area contributed by atoms with E-state index in [9.17, 15) is 14.7 Å². The number of aromatic nitrogens is 6. The van der Waals surface area contributed by atoms with Crippen molar-refractivity contribution < 1.29 is 14.4 Å². The number of nitrogens with zero attached hydrogens (tertiary/aromatic N) is 5. The van der Waals surface area contributed by atoms with Gasteiger partial charge in [0.1, 0.15) is 6.33 Å². The third-order valence-electron chi connectivity index (χ3n) is 9.42. The monoisotopic (exact) mass is 666 g/mol. The number of aliphatic hydroxyl groups is 1. The number of aromatic amines is 1. The molecule has 0 radical (unpaired) electrons. The number of benzene rings is 2. The van der Waals surface area contributed by atoms with E-state index < -0.39 is 11.4 Å². The molecular formula is C35H43KN6O5. The average Bonchev–Trinajstić information content (AvgIpc) is 3.69. The molecule has 0 bridgehead atoms. The Hall–Kier alpha value is -2.71. The maximum absolute atomic E-state index is 14.4. The first kappa shape index (κ1) is 35.6. The Morgan fingerprint density at radius 1 is 1.11 bits per heavy atom. The Morgan fingerprint density at radius 2 is 1.79 bits per heavy atom. The molecule has 6 rings (SSSR count). The third-order valence-corrected chi connectivity index (χ3v) is 9.42. The molecule has 0 spiro atoms. The summed E-state index contributed by atoms with van der Waals surface area (Å²) in [6.45, 7) is 9.64. The van der Waals surface area contributed by atoms with Crippen LogP contribution in [0.15, 0.2) is 69.0 Å². The van der Waals surface area contributed by atoms with Crippen LogP contribution in [0.1, 0.15) is 89.6 Å². The SMILES string of the molecule is CCCc1c(Cc2ccc(-c3ccccc3-c3noc(=O)[nH]3)cc2)c(=O)n([C@H]2CC[C@](C)(OC(C)C(C)(C)O)CC2)c2ncnn12.[KH]. The number of fused-ring (bicyclic) bond motifs is 1. The van der Waals surface area contributed by atoms with Crippen LogP contribution >= 0.6 is 0 Å². The van der Waals surface area contributed by atoms with E-state index in [1.54, 1.807) is 13.8 Å². The molecule has 1 aliphatic carbocycles. The molecule has 11 nitrogen and oxygen atoms in total. The Morgan fingerprint density at radius 3 is 2.40 bits per heavy atom. The second-order valence-electron chi connectivity index (χ2n) is 13.3. The Labute approximate surface area is 316 Å². The second kappa shape index (κ2) is 14.4. The van der Waals surface area contributed by atoms with Crippen LogP contribution in [0, 0.1) is 0 Å². The summed E-state index contributed by atoms with van der Waals surface area (Å²) in [5, 5.41) is 18.9. The summed E-state index contributed by atoms with van der Waals surface area (Å²) < 4.78 is 14.8. The first-order chi connectivity index (χ1) is 22.0. The summed E-state index contributed by atoms with van der Waals surface area (Å²) >= 11 is 0. The zero-order valence-electron chi connectivity index (χ0n) is 27.1. The maximum atomic E-state index is 14.4. The van der Waals surface area contributed by atoms with E-state index in [1.165, 1.54) is 6.33 Å². The molecule has 1 atom stereocenters. The van der Waals surface area contributed by atoms with Crippen LogP contribution < -0.4 is 11.3 Å². The number of rotatable bonds is 10. The van der Waals surface area contributed by atoms with Gasteiger partial charge in [-0.15, -0.1) is 0 Å². The zero-order valence-corrected chi connectivity index (χ0v) is 27.1. The summed E-state index contributed by atoms with van der Waals surface area (Å²) in [6, 6.07) is 15.8. The molecule has 3 heterocycles. The predicted molar refractivity (Wildman–Crippen MR) is 182 cm³/mol. The van der Waals surface area contributed by atoms with Gasteiger partial charge in [-0.25, -0.2) is 9.31 Å². The van der Waals surface area contributed by atoms with Crippen molar-refractivity contribution in [3.8, 4) is 22.5 Å². The topological polar surface area (TPSA) is 141 Å². The molecular weight excluding hydrogens is 624 g/mol. The minimum absolute atomic E-state index is 0. The van der Waals surface area contributed by atoms with Gasteiger partial charge in [-0.2, -0.15) is 10.1 Å². The van der Waals surface area contributed by atoms with E-state index in [1.807, 2.05) is 64.5 Å². The van der Waals surface area contributed by atoms with Crippen molar-refractivity contribution in [2.24, 2.45) is 0 Å². The second-order valence-corrected chi connectivity index (χ2v) is 13.3. The first-order valence-electron chi connectivity index (χ1n) is 16.1. The normalized spacial score (nSPS) is 19.1. The summed E-state index contributed by atoms with van der Waals surface area (Å²) in [7, 11) is 0. The van der Waals surface area contributed by atoms with Crippen LogP contribution in [0.3, 0.4) is 0 Å². The molecule has 3 aromatic heterocycles. The van der Waals surface area contributed by atoms with Crippen LogP contribution in [0.4, 0.5) is 0 Å². The fourth-order valence-corrected chi connectivity index (χ4v) is 6.53. The molecule has 2 aromatic carbocycles. The standard InChI is InChI=1S/C35H42N6O5.K.H/c1-6-9-29-28(20-23-12-14-24(15-13-23)26-10-7-8-11-27(26)30-38-33(43)46-39-30)31(42)40(32-36-21-37-41(29)32)25-16-18-35(5,19-17-25)45-22(2)34(3,4)44;;/h7-8,10-15,21-22,25,44H,6,9,16-20H2,1-5H3,(H,38,39,43);;/t22?,25-,35-;;. The van der Waals surface area contributed by atoms with E-state index in [4.69, 9.17) is 9.26 Å². The van der Waals surface area contributed by atoms with Crippen molar-refractivity contribution >= 4 is 57.2 Å². The fourth-order valence-electron chi connectivity index (χ4n) is 6.53. The number of nitrogens with one attached hydrogen (secondary N) is 1. The Kier molecular flexibility index (Phi) is 10.9. The quantitative estimate of drug-likeness (QED) is 0.202. The van der Waals surface area contributed by atoms with E-state index in [-0.39, 0.29) is 74.7 Å². The van der Waals surface area contributed by atoms with Crippen molar-refractivity contribution in [3.63, 3.8) is 0 Å². The van der Waals surface area contributed by atoms with Crippen LogP contribution in [-0.2, 0) is 17.6 Å². The van der Waals surface area contributed by atoms with Crippen molar-refractivity contribution in [1.29, 1.82) is 0 Å². The molecule has 0 aliphatic heterocycles. The molecule has 244 valence electrons. The third kappa shape index (κ3) is 7.48. The van der Waals surface area contributed by atoms with Crippen molar-refractivity contribution in [1.82, 2.24) is 29.3 Å². The minimum atomic E-state index is -0.937. The van der Waals surface area contributed by atoms with Gasteiger partial charge in [0.15, 0.2) is 5.82 Å². The number of hydrogen-bond acceptors (Lipinski definition) is 8. The first-order valence-corrected chi connectivity index (χ1v) is 16.1. The van der Waals surface area contributed by atoms with Gasteiger partial charge in [-0.05, 0) is 76.5 Å². The molecule has 1 fully saturated rings. The van der Waals surface area contributed by atoms with Gasteiger partial charge >= 0.3 is 57.1 Å². The number of aryl methyl sites for hydroxylation is 1. The van der Waals surface area contributed by atoms with Gasteiger partial charge in [-0.1, -0.05) is 67.0 Å². The van der Waals surface area contributed by atoms with Crippen molar-refractivity contribution in [2.75, 3.05) is 0 Å². The average molecular weight is 667 g/mol. The summed E-state index contributed by atoms with van der Waals surface area (Å²) in [4.78, 5) is 33.2. The number of ether oxygens (including phenoxy) is 1. The van der Waals surface area contributed by atoms with Crippen LogP contribution in [0.5, 0.6) is 0 Å². The van der Waals surface area contributed by atoms with Crippen molar-refractivity contribution in [3.05, 3.63) is 92.6 Å². The van der Waals surface area contributed by atoms with Crippen LogP contribution in [-0.4, -0.2) is 103 Å². The van der Waals surface area contributed by atoms with Crippen molar-refractivity contribution in [2.45, 2.75) is 103 Å². The molecule has 1 saturated carbocycles. The molecule has 0 amide bonds. The van der Waals surface area contributed by atoms with Gasteiger partial charge in [0, 0.05) is 23.6 Å². The molecule has 0 saturated heterocycles. The predicted octanol–water partition coefficient (Wildman–Crippen LogP) is 4.85. The van der Waals surface area contributed by atoms with Crippen LogP contribution in [0.2, 0.25) is 0 Å². The molecule has 2 N–H and O–H groups in total. The molecule has 12 heteroatoms. The van der Waals surface area contributed by atoms with Gasteiger partial charge in [0.25, 0.3) is 5.56 Å².